The number of fused-ring (bicyclic) bond motifs is 1. The molecule has 0 atom stereocenters. The maximum Gasteiger partial charge on any atom is 0.134 e. The third-order valence-electron chi connectivity index (χ3n) is 2.19. The third kappa shape index (κ3) is 1.14. The highest BCUT2D eigenvalue weighted by Gasteiger charge is 2.05. The van der Waals surface area contributed by atoms with Crippen LogP contribution in [0.1, 0.15) is 12.6 Å². The Bertz CT molecular complexity index is 444. The molecule has 4 nitrogen and oxygen atoms in total. The molecule has 0 saturated carbocycles. The van der Waals surface area contributed by atoms with Crippen molar-refractivity contribution in [3.05, 3.63) is 18.0 Å². The van der Waals surface area contributed by atoms with Crippen LogP contribution in [0.3, 0.4) is 0 Å². The van der Waals surface area contributed by atoms with Crippen LogP contribution in [0, 0.1) is 0 Å². The fraction of sp³-hybridized carbons (Fsp3) is 0.333. The van der Waals surface area contributed by atoms with E-state index in [1.807, 2.05) is 17.8 Å². The zero-order chi connectivity index (χ0) is 9.42. The Kier molecular flexibility index (Phi) is 1.69. The van der Waals surface area contributed by atoms with Gasteiger partial charge in [-0.05, 0) is 12.5 Å². The Morgan fingerprint density at radius 2 is 2.31 bits per heavy atom. The van der Waals surface area contributed by atoms with Gasteiger partial charge in [-0.25, -0.2) is 4.98 Å². The maximum absolute atomic E-state index is 5.78. The molecule has 0 fully saturated rings. The number of nitrogens with two attached hydrogens (primary N) is 1. The van der Waals surface area contributed by atoms with Crippen molar-refractivity contribution in [3.8, 4) is 0 Å². The van der Waals surface area contributed by atoms with Gasteiger partial charge in [0.05, 0.1) is 17.1 Å². The summed E-state index contributed by atoms with van der Waals surface area (Å²) in [5.41, 5.74) is 7.84. The van der Waals surface area contributed by atoms with Crippen molar-refractivity contribution >= 4 is 16.7 Å². The lowest BCUT2D eigenvalue weighted by atomic mass is 10.2. The van der Waals surface area contributed by atoms with E-state index < -0.39 is 0 Å². The van der Waals surface area contributed by atoms with Crippen LogP contribution in [0.2, 0.25) is 0 Å². The molecule has 0 saturated heterocycles. The Morgan fingerprint density at radius 1 is 1.54 bits per heavy atom. The summed E-state index contributed by atoms with van der Waals surface area (Å²) in [7, 11) is 1.90. The van der Waals surface area contributed by atoms with E-state index in [2.05, 4.69) is 17.0 Å². The van der Waals surface area contributed by atoms with E-state index in [-0.39, 0.29) is 0 Å². The fourth-order valence-electron chi connectivity index (χ4n) is 1.40. The van der Waals surface area contributed by atoms with Crippen molar-refractivity contribution in [1.29, 1.82) is 0 Å². The molecule has 68 valence electrons. The molecule has 2 aromatic rings. The lowest BCUT2D eigenvalue weighted by Crippen LogP contribution is -1.97. The zero-order valence-electron chi connectivity index (χ0n) is 7.78. The molecule has 0 aliphatic rings. The van der Waals surface area contributed by atoms with Crippen molar-refractivity contribution in [2.75, 3.05) is 5.73 Å². The van der Waals surface area contributed by atoms with Gasteiger partial charge in [-0.1, -0.05) is 6.92 Å². The number of aromatic nitrogens is 3. The van der Waals surface area contributed by atoms with Gasteiger partial charge >= 0.3 is 0 Å². The minimum Gasteiger partial charge on any atom is -0.383 e. The Balaban J connectivity index is 2.80. The van der Waals surface area contributed by atoms with Gasteiger partial charge in [-0.2, -0.15) is 5.10 Å². The minimum atomic E-state index is 0.572. The quantitative estimate of drug-likeness (QED) is 0.708. The van der Waals surface area contributed by atoms with E-state index in [9.17, 15) is 0 Å². The minimum absolute atomic E-state index is 0.572. The van der Waals surface area contributed by atoms with Crippen molar-refractivity contribution < 1.29 is 0 Å². The van der Waals surface area contributed by atoms with Gasteiger partial charge in [0.25, 0.3) is 0 Å². The van der Waals surface area contributed by atoms with E-state index in [4.69, 9.17) is 5.73 Å². The second-order valence-electron chi connectivity index (χ2n) is 3.05. The Labute approximate surface area is 76.4 Å². The first-order chi connectivity index (χ1) is 6.22. The van der Waals surface area contributed by atoms with Gasteiger partial charge in [0, 0.05) is 12.7 Å². The van der Waals surface area contributed by atoms with E-state index >= 15 is 0 Å². The Hall–Kier alpha value is -1.58. The lowest BCUT2D eigenvalue weighted by Gasteiger charge is -2.00. The summed E-state index contributed by atoms with van der Waals surface area (Å²) in [6, 6.07) is 2.03. The molecule has 0 aliphatic carbocycles. The van der Waals surface area contributed by atoms with Crippen LogP contribution in [-0.2, 0) is 13.5 Å². The summed E-state index contributed by atoms with van der Waals surface area (Å²) < 4.78 is 1.81. The highest BCUT2D eigenvalue weighted by Crippen LogP contribution is 2.19. The lowest BCUT2D eigenvalue weighted by molar-refractivity contribution is 0.796. The van der Waals surface area contributed by atoms with Crippen molar-refractivity contribution in [1.82, 2.24) is 14.8 Å². The molecular formula is C9H12N4. The molecule has 2 aromatic heterocycles. The van der Waals surface area contributed by atoms with Crippen LogP contribution in [0.25, 0.3) is 10.9 Å². The number of hydrogen-bond acceptors (Lipinski definition) is 3. The molecule has 2 rings (SSSR count). The molecule has 0 spiro atoms. The van der Waals surface area contributed by atoms with Gasteiger partial charge in [0.1, 0.15) is 5.82 Å². The van der Waals surface area contributed by atoms with E-state index in [0.717, 1.165) is 23.0 Å². The van der Waals surface area contributed by atoms with Gasteiger partial charge in [-0.3, -0.25) is 4.68 Å². The summed E-state index contributed by atoms with van der Waals surface area (Å²) in [4.78, 5) is 4.26. The van der Waals surface area contributed by atoms with E-state index in [1.165, 1.54) is 0 Å². The summed E-state index contributed by atoms with van der Waals surface area (Å²) in [6.07, 6.45) is 2.64. The van der Waals surface area contributed by atoms with E-state index in [0.29, 0.717) is 5.82 Å². The summed E-state index contributed by atoms with van der Waals surface area (Å²) >= 11 is 0. The van der Waals surface area contributed by atoms with Gasteiger partial charge < -0.3 is 5.73 Å². The molecule has 2 heterocycles. The standard InChI is InChI=1S/C9H12N4/c1-3-6-4-8-7(9(10)12-6)5-11-13(8)2/h4-5H,3H2,1-2H3,(H2,10,12). The molecule has 0 radical (unpaired) electrons. The van der Waals surface area contributed by atoms with Crippen LogP contribution >= 0.6 is 0 Å². The molecule has 2 N–H and O–H groups in total. The molecule has 0 amide bonds. The van der Waals surface area contributed by atoms with Crippen LogP contribution < -0.4 is 5.73 Å². The number of nitrogens with zero attached hydrogens (tertiary/aromatic N) is 3. The Morgan fingerprint density at radius 3 is 3.00 bits per heavy atom. The molecule has 0 aliphatic heterocycles. The summed E-state index contributed by atoms with van der Waals surface area (Å²) in [5.74, 6) is 0.572. The third-order valence-corrected chi connectivity index (χ3v) is 2.19. The first-order valence-corrected chi connectivity index (χ1v) is 4.29. The molecule has 0 unspecified atom stereocenters. The maximum atomic E-state index is 5.78. The molecule has 0 aromatic carbocycles. The van der Waals surface area contributed by atoms with Gasteiger partial charge in [0.15, 0.2) is 0 Å². The first-order valence-electron chi connectivity index (χ1n) is 4.29. The average Bonchev–Trinajstić information content (AvgIpc) is 2.48. The first kappa shape index (κ1) is 8.04. The van der Waals surface area contributed by atoms with Gasteiger partial charge in [0.2, 0.25) is 0 Å². The number of aryl methyl sites for hydroxylation is 2. The second kappa shape index (κ2) is 2.73. The SMILES string of the molecule is CCc1cc2c(cnn2C)c(N)n1. The normalized spacial score (nSPS) is 10.9. The summed E-state index contributed by atoms with van der Waals surface area (Å²) in [6.45, 7) is 2.06. The number of rotatable bonds is 1. The number of hydrogen-bond donors (Lipinski definition) is 1. The molecule has 13 heavy (non-hydrogen) atoms. The van der Waals surface area contributed by atoms with Gasteiger partial charge in [-0.15, -0.1) is 0 Å². The molecule has 4 heteroatoms. The van der Waals surface area contributed by atoms with Crippen LogP contribution in [0.15, 0.2) is 12.3 Å². The van der Waals surface area contributed by atoms with Crippen molar-refractivity contribution in [3.63, 3.8) is 0 Å². The fourth-order valence-corrected chi connectivity index (χ4v) is 1.40. The van der Waals surface area contributed by atoms with Crippen molar-refractivity contribution in [2.24, 2.45) is 7.05 Å². The van der Waals surface area contributed by atoms with Crippen LogP contribution in [0.5, 0.6) is 0 Å². The monoisotopic (exact) mass is 176 g/mol. The average molecular weight is 176 g/mol. The predicted molar refractivity (Wildman–Crippen MR) is 52.3 cm³/mol. The number of nitrogen functional groups attached to an aromatic ring is 1. The van der Waals surface area contributed by atoms with E-state index in [1.54, 1.807) is 6.20 Å². The predicted octanol–water partition coefficient (Wildman–Crippen LogP) is 1.11. The summed E-state index contributed by atoms with van der Waals surface area (Å²) in [5, 5.41) is 5.06. The zero-order valence-corrected chi connectivity index (χ0v) is 7.78. The van der Waals surface area contributed by atoms with Crippen LogP contribution in [0.4, 0.5) is 5.82 Å². The topological polar surface area (TPSA) is 56.7 Å². The van der Waals surface area contributed by atoms with Crippen LogP contribution in [-0.4, -0.2) is 14.8 Å². The smallest absolute Gasteiger partial charge is 0.134 e. The number of pyridine rings is 1. The highest BCUT2D eigenvalue weighted by molar-refractivity contribution is 5.88. The largest absolute Gasteiger partial charge is 0.383 e. The number of anilines is 1. The van der Waals surface area contributed by atoms with Crippen molar-refractivity contribution in [2.45, 2.75) is 13.3 Å². The molecule has 0 bridgehead atoms. The highest BCUT2D eigenvalue weighted by atomic mass is 15.2. The second-order valence-corrected chi connectivity index (χ2v) is 3.05. The molecular weight excluding hydrogens is 164 g/mol.